The predicted molar refractivity (Wildman–Crippen MR) is 75.1 cm³/mol. The van der Waals surface area contributed by atoms with Crippen molar-refractivity contribution in [1.82, 2.24) is 4.90 Å². The maximum atomic E-state index is 11.4. The molecule has 108 valence electrons. The summed E-state index contributed by atoms with van der Waals surface area (Å²) in [6.45, 7) is 2.30. The molecule has 1 aromatic rings. The lowest BCUT2D eigenvalue weighted by Gasteiger charge is -2.47. The molecule has 1 aliphatic carbocycles. The molecule has 0 radical (unpaired) electrons. The Hall–Kier alpha value is -1.39. The van der Waals surface area contributed by atoms with Crippen LogP contribution >= 0.6 is 0 Å². The van der Waals surface area contributed by atoms with Gasteiger partial charge in [0.05, 0.1) is 19.1 Å². The van der Waals surface area contributed by atoms with Crippen LogP contribution in [0.25, 0.3) is 0 Å². The molecule has 4 heteroatoms. The van der Waals surface area contributed by atoms with Crippen molar-refractivity contribution >= 4 is 5.97 Å². The van der Waals surface area contributed by atoms with E-state index >= 15 is 0 Å². The van der Waals surface area contributed by atoms with Crippen LogP contribution in [0.1, 0.15) is 24.0 Å². The molecule has 0 amide bonds. The SMILES string of the molecule is COC(=O)Cc1ccccc1CN1CC(O)(C2CC2)C1. The van der Waals surface area contributed by atoms with Crippen molar-refractivity contribution in [3.05, 3.63) is 35.4 Å². The highest BCUT2D eigenvalue weighted by atomic mass is 16.5. The number of ether oxygens (including phenoxy) is 1. The van der Waals surface area contributed by atoms with E-state index in [9.17, 15) is 9.90 Å². The third-order valence-corrected chi connectivity index (χ3v) is 4.41. The molecule has 0 unspecified atom stereocenters. The topological polar surface area (TPSA) is 49.8 Å². The maximum absolute atomic E-state index is 11.4. The number of aliphatic hydroxyl groups is 1. The van der Waals surface area contributed by atoms with Gasteiger partial charge in [0.15, 0.2) is 0 Å². The van der Waals surface area contributed by atoms with Gasteiger partial charge in [-0.3, -0.25) is 9.69 Å². The lowest BCUT2D eigenvalue weighted by atomic mass is 9.88. The summed E-state index contributed by atoms with van der Waals surface area (Å²) in [4.78, 5) is 13.7. The first-order valence-corrected chi connectivity index (χ1v) is 7.19. The summed E-state index contributed by atoms with van der Waals surface area (Å²) in [7, 11) is 1.41. The number of rotatable bonds is 5. The van der Waals surface area contributed by atoms with Crippen molar-refractivity contribution in [1.29, 1.82) is 0 Å². The minimum atomic E-state index is -0.447. The second kappa shape index (κ2) is 5.19. The normalized spacial score (nSPS) is 21.3. The predicted octanol–water partition coefficient (Wildman–Crippen LogP) is 1.36. The van der Waals surface area contributed by atoms with Gasteiger partial charge >= 0.3 is 5.97 Å². The fraction of sp³-hybridized carbons (Fsp3) is 0.562. The average molecular weight is 275 g/mol. The van der Waals surface area contributed by atoms with Crippen molar-refractivity contribution in [2.24, 2.45) is 5.92 Å². The zero-order valence-corrected chi connectivity index (χ0v) is 11.8. The highest BCUT2D eigenvalue weighted by Crippen LogP contribution is 2.44. The highest BCUT2D eigenvalue weighted by molar-refractivity contribution is 5.72. The summed E-state index contributed by atoms with van der Waals surface area (Å²) < 4.78 is 4.73. The quantitative estimate of drug-likeness (QED) is 0.824. The molecule has 20 heavy (non-hydrogen) atoms. The van der Waals surface area contributed by atoms with E-state index in [0.717, 1.165) is 30.8 Å². The first-order chi connectivity index (χ1) is 9.60. The molecule has 1 aliphatic heterocycles. The van der Waals surface area contributed by atoms with E-state index in [1.807, 2.05) is 24.3 Å². The number of carbonyl (C=O) groups is 1. The zero-order valence-electron chi connectivity index (χ0n) is 11.8. The van der Waals surface area contributed by atoms with Crippen molar-refractivity contribution in [3.8, 4) is 0 Å². The molecule has 0 aromatic heterocycles. The number of β-amino-alcohol motifs (C(OH)–C–C–N with tert-alkyl or cyclic N) is 1. The Morgan fingerprint density at radius 1 is 1.35 bits per heavy atom. The van der Waals surface area contributed by atoms with Crippen molar-refractivity contribution in [2.75, 3.05) is 20.2 Å². The summed E-state index contributed by atoms with van der Waals surface area (Å²) in [6.07, 6.45) is 2.65. The number of hydrogen-bond donors (Lipinski definition) is 1. The second-order valence-electron chi connectivity index (χ2n) is 6.04. The van der Waals surface area contributed by atoms with E-state index < -0.39 is 5.60 Å². The van der Waals surface area contributed by atoms with Crippen LogP contribution in [-0.2, 0) is 22.5 Å². The summed E-state index contributed by atoms with van der Waals surface area (Å²) >= 11 is 0. The molecule has 1 saturated carbocycles. The maximum Gasteiger partial charge on any atom is 0.309 e. The molecule has 4 nitrogen and oxygen atoms in total. The number of benzene rings is 1. The lowest BCUT2D eigenvalue weighted by molar-refractivity contribution is -0.139. The van der Waals surface area contributed by atoms with Crippen LogP contribution in [0.3, 0.4) is 0 Å². The number of nitrogens with zero attached hydrogens (tertiary/aromatic N) is 1. The Morgan fingerprint density at radius 3 is 2.60 bits per heavy atom. The molecular weight excluding hydrogens is 254 g/mol. The first-order valence-electron chi connectivity index (χ1n) is 7.19. The summed E-state index contributed by atoms with van der Waals surface area (Å²) in [6, 6.07) is 7.95. The molecule has 1 N–H and O–H groups in total. The minimum absolute atomic E-state index is 0.212. The molecular formula is C16H21NO3. The lowest BCUT2D eigenvalue weighted by Crippen LogP contribution is -2.62. The van der Waals surface area contributed by atoms with E-state index in [2.05, 4.69) is 4.90 Å². The standard InChI is InChI=1S/C16H21NO3/c1-20-15(18)8-12-4-2-3-5-13(12)9-17-10-16(19,11-17)14-6-7-14/h2-5,14,19H,6-11H2,1H3. The van der Waals surface area contributed by atoms with E-state index in [1.165, 1.54) is 20.0 Å². The number of likely N-dealkylation sites (tertiary alicyclic amines) is 1. The fourth-order valence-electron chi connectivity index (χ4n) is 3.07. The van der Waals surface area contributed by atoms with Gasteiger partial charge in [-0.15, -0.1) is 0 Å². The van der Waals surface area contributed by atoms with E-state index in [1.54, 1.807) is 0 Å². The van der Waals surface area contributed by atoms with Crippen LogP contribution < -0.4 is 0 Å². The summed E-state index contributed by atoms with van der Waals surface area (Å²) in [5.41, 5.74) is 1.72. The number of methoxy groups -OCH3 is 1. The highest BCUT2D eigenvalue weighted by Gasteiger charge is 2.51. The Kier molecular flexibility index (Phi) is 3.52. The van der Waals surface area contributed by atoms with Gasteiger partial charge < -0.3 is 9.84 Å². The Labute approximate surface area is 119 Å². The second-order valence-corrected chi connectivity index (χ2v) is 6.04. The van der Waals surface area contributed by atoms with Crippen molar-refractivity contribution in [2.45, 2.75) is 31.4 Å². The van der Waals surface area contributed by atoms with Gasteiger partial charge in [0, 0.05) is 19.6 Å². The zero-order chi connectivity index (χ0) is 14.2. The van der Waals surface area contributed by atoms with Crippen LogP contribution in [0.2, 0.25) is 0 Å². The van der Waals surface area contributed by atoms with Crippen LogP contribution in [-0.4, -0.2) is 41.8 Å². The molecule has 2 aliphatic rings. The number of hydrogen-bond acceptors (Lipinski definition) is 4. The van der Waals surface area contributed by atoms with E-state index in [0.29, 0.717) is 12.3 Å². The van der Waals surface area contributed by atoms with Crippen molar-refractivity contribution in [3.63, 3.8) is 0 Å². The Morgan fingerprint density at radius 2 is 2.00 bits per heavy atom. The summed E-state index contributed by atoms with van der Waals surface area (Å²) in [5.74, 6) is 0.305. The van der Waals surface area contributed by atoms with Gasteiger partial charge in [0.1, 0.15) is 0 Å². The van der Waals surface area contributed by atoms with Gasteiger partial charge in [0.2, 0.25) is 0 Å². The van der Waals surface area contributed by atoms with Gasteiger partial charge in [-0.1, -0.05) is 24.3 Å². The molecule has 0 atom stereocenters. The largest absolute Gasteiger partial charge is 0.469 e. The summed E-state index contributed by atoms with van der Waals surface area (Å²) in [5, 5.41) is 10.3. The third kappa shape index (κ3) is 2.72. The van der Waals surface area contributed by atoms with Crippen LogP contribution in [0.15, 0.2) is 24.3 Å². The Bertz CT molecular complexity index is 504. The van der Waals surface area contributed by atoms with Gasteiger partial charge in [0.25, 0.3) is 0 Å². The van der Waals surface area contributed by atoms with Crippen LogP contribution in [0, 0.1) is 5.92 Å². The van der Waals surface area contributed by atoms with E-state index in [4.69, 9.17) is 4.74 Å². The van der Waals surface area contributed by atoms with Gasteiger partial charge in [-0.25, -0.2) is 0 Å². The van der Waals surface area contributed by atoms with Gasteiger partial charge in [-0.2, -0.15) is 0 Å². The molecule has 1 saturated heterocycles. The van der Waals surface area contributed by atoms with Gasteiger partial charge in [-0.05, 0) is 29.9 Å². The van der Waals surface area contributed by atoms with Crippen LogP contribution in [0.4, 0.5) is 0 Å². The molecule has 3 rings (SSSR count). The Balaban J connectivity index is 1.61. The first kappa shape index (κ1) is 13.6. The minimum Gasteiger partial charge on any atom is -0.469 e. The monoisotopic (exact) mass is 275 g/mol. The fourth-order valence-corrected chi connectivity index (χ4v) is 3.07. The van der Waals surface area contributed by atoms with Crippen LogP contribution in [0.5, 0.6) is 0 Å². The average Bonchev–Trinajstić information content (AvgIpc) is 3.23. The molecule has 0 bridgehead atoms. The molecule has 2 fully saturated rings. The molecule has 0 spiro atoms. The molecule has 1 heterocycles. The third-order valence-electron chi connectivity index (χ3n) is 4.41. The van der Waals surface area contributed by atoms with Crippen molar-refractivity contribution < 1.29 is 14.6 Å². The smallest absolute Gasteiger partial charge is 0.309 e. The number of carbonyl (C=O) groups excluding carboxylic acids is 1. The van der Waals surface area contributed by atoms with E-state index in [-0.39, 0.29) is 5.97 Å². The molecule has 1 aromatic carbocycles. The number of esters is 1.